The van der Waals surface area contributed by atoms with E-state index < -0.39 is 17.7 Å². The Kier molecular flexibility index (Phi) is 8.90. The van der Waals surface area contributed by atoms with E-state index in [0.29, 0.717) is 29.6 Å². The molecule has 0 radical (unpaired) electrons. The van der Waals surface area contributed by atoms with Crippen molar-refractivity contribution in [2.24, 2.45) is 0 Å². The number of ether oxygens (including phenoxy) is 1. The largest absolute Gasteiger partial charge is 0.480 e. The zero-order valence-corrected chi connectivity index (χ0v) is 19.8. The van der Waals surface area contributed by atoms with Crippen LogP contribution in [0.3, 0.4) is 0 Å². The number of hydrogen-bond acceptors (Lipinski definition) is 6. The van der Waals surface area contributed by atoms with Crippen molar-refractivity contribution in [3.05, 3.63) is 58.4 Å². The number of carboxylic acids is 1. The van der Waals surface area contributed by atoms with Crippen molar-refractivity contribution >= 4 is 34.6 Å². The number of likely N-dealkylation sites (N-methyl/N-ethyl adjacent to an activating group) is 1. The maximum Gasteiger partial charge on any atom is 0.417 e. The van der Waals surface area contributed by atoms with Crippen molar-refractivity contribution in [2.75, 3.05) is 45.2 Å². The molecule has 0 aliphatic carbocycles. The standard InChI is InChI=1S/C23H23ClF3N3O3S/c1-30(13-20(31)32)9-11-33-10-8-28-18-7-3-6-17(23(25,26)27)21(18)22-29-19(14-34-22)15-4-2-5-16(24)12-15/h2-7,12,14,28H,8-11,13H2,1H3,(H,31,32). The fourth-order valence-electron chi connectivity index (χ4n) is 3.23. The molecule has 0 fully saturated rings. The van der Waals surface area contributed by atoms with Gasteiger partial charge in [0.25, 0.3) is 0 Å². The average Bonchev–Trinajstić information content (AvgIpc) is 3.25. The smallest absolute Gasteiger partial charge is 0.417 e. The summed E-state index contributed by atoms with van der Waals surface area (Å²) in [4.78, 5) is 16.7. The van der Waals surface area contributed by atoms with Crippen molar-refractivity contribution in [2.45, 2.75) is 6.18 Å². The molecule has 0 saturated heterocycles. The van der Waals surface area contributed by atoms with E-state index in [0.717, 1.165) is 23.0 Å². The highest BCUT2D eigenvalue weighted by Crippen LogP contribution is 2.43. The molecule has 1 heterocycles. The van der Waals surface area contributed by atoms with E-state index in [4.69, 9.17) is 21.4 Å². The topological polar surface area (TPSA) is 74.7 Å². The molecule has 0 saturated carbocycles. The van der Waals surface area contributed by atoms with Gasteiger partial charge in [0.2, 0.25) is 0 Å². The summed E-state index contributed by atoms with van der Waals surface area (Å²) in [6.07, 6.45) is -4.56. The Hall–Kier alpha value is -2.66. The van der Waals surface area contributed by atoms with Crippen LogP contribution >= 0.6 is 22.9 Å². The highest BCUT2D eigenvalue weighted by atomic mass is 35.5. The van der Waals surface area contributed by atoms with Gasteiger partial charge in [-0.2, -0.15) is 13.2 Å². The van der Waals surface area contributed by atoms with Crippen LogP contribution in [0.25, 0.3) is 21.8 Å². The molecule has 0 aliphatic rings. The van der Waals surface area contributed by atoms with Gasteiger partial charge in [-0.25, -0.2) is 4.98 Å². The number of alkyl halides is 3. The molecule has 34 heavy (non-hydrogen) atoms. The lowest BCUT2D eigenvalue weighted by molar-refractivity contribution is -0.138. The fourth-order valence-corrected chi connectivity index (χ4v) is 4.32. The number of rotatable bonds is 11. The van der Waals surface area contributed by atoms with Gasteiger partial charge in [-0.15, -0.1) is 11.3 Å². The maximum atomic E-state index is 13.8. The number of nitrogens with one attached hydrogen (secondary N) is 1. The van der Waals surface area contributed by atoms with Crippen LogP contribution in [0.2, 0.25) is 5.02 Å². The van der Waals surface area contributed by atoms with Gasteiger partial charge in [0.05, 0.1) is 31.0 Å². The second-order valence-electron chi connectivity index (χ2n) is 7.44. The van der Waals surface area contributed by atoms with Crippen molar-refractivity contribution in [1.29, 1.82) is 0 Å². The molecule has 0 spiro atoms. The lowest BCUT2D eigenvalue weighted by atomic mass is 10.0. The van der Waals surface area contributed by atoms with E-state index in [2.05, 4.69) is 10.3 Å². The van der Waals surface area contributed by atoms with Gasteiger partial charge in [0.15, 0.2) is 0 Å². The zero-order chi connectivity index (χ0) is 24.7. The summed E-state index contributed by atoms with van der Waals surface area (Å²) in [6.45, 7) is 1.13. The predicted octanol–water partition coefficient (Wildman–Crippen LogP) is 5.59. The average molecular weight is 514 g/mol. The summed E-state index contributed by atoms with van der Waals surface area (Å²) < 4.78 is 46.9. The molecule has 11 heteroatoms. The number of halogens is 4. The van der Waals surface area contributed by atoms with Crippen molar-refractivity contribution in [3.63, 3.8) is 0 Å². The molecular weight excluding hydrogens is 491 g/mol. The van der Waals surface area contributed by atoms with Crippen LogP contribution in [0.4, 0.5) is 18.9 Å². The molecule has 0 unspecified atom stereocenters. The Labute approximate surface area is 204 Å². The van der Waals surface area contributed by atoms with Gasteiger partial charge < -0.3 is 15.2 Å². The minimum absolute atomic E-state index is 0.0190. The first-order chi connectivity index (χ1) is 16.1. The number of thiazole rings is 1. The molecule has 0 amide bonds. The van der Waals surface area contributed by atoms with E-state index in [1.165, 1.54) is 6.07 Å². The molecule has 2 N–H and O–H groups in total. The van der Waals surface area contributed by atoms with E-state index in [1.54, 1.807) is 47.7 Å². The fraction of sp³-hybridized carbons (Fsp3) is 0.304. The SMILES string of the molecule is CN(CCOCCNc1cccc(C(F)(F)F)c1-c1nc(-c2cccc(Cl)c2)cs1)CC(=O)O. The van der Waals surface area contributed by atoms with Crippen LogP contribution in [-0.2, 0) is 15.7 Å². The highest BCUT2D eigenvalue weighted by Gasteiger charge is 2.35. The van der Waals surface area contributed by atoms with Crippen LogP contribution in [0.5, 0.6) is 0 Å². The van der Waals surface area contributed by atoms with Crippen LogP contribution < -0.4 is 5.32 Å². The monoisotopic (exact) mass is 513 g/mol. The second kappa shape index (κ2) is 11.7. The number of hydrogen-bond donors (Lipinski definition) is 2. The molecule has 3 rings (SSSR count). The molecule has 0 aliphatic heterocycles. The van der Waals surface area contributed by atoms with Gasteiger partial charge in [0, 0.05) is 40.3 Å². The molecule has 0 bridgehead atoms. The van der Waals surface area contributed by atoms with Crippen molar-refractivity contribution in [1.82, 2.24) is 9.88 Å². The first-order valence-corrected chi connectivity index (χ1v) is 11.5. The third-order valence-electron chi connectivity index (χ3n) is 4.79. The van der Waals surface area contributed by atoms with Crippen LogP contribution in [-0.4, -0.2) is 60.9 Å². The Morgan fingerprint density at radius 3 is 2.71 bits per heavy atom. The second-order valence-corrected chi connectivity index (χ2v) is 8.74. The van der Waals surface area contributed by atoms with Crippen LogP contribution in [0.15, 0.2) is 47.8 Å². The van der Waals surface area contributed by atoms with Gasteiger partial charge in [-0.3, -0.25) is 9.69 Å². The summed E-state index contributed by atoms with van der Waals surface area (Å²) in [7, 11) is 1.66. The Morgan fingerprint density at radius 1 is 1.24 bits per heavy atom. The third kappa shape index (κ3) is 7.17. The van der Waals surface area contributed by atoms with Gasteiger partial charge in [-0.05, 0) is 31.3 Å². The normalized spacial score (nSPS) is 11.7. The molecule has 3 aromatic rings. The van der Waals surface area contributed by atoms with E-state index in [1.807, 2.05) is 0 Å². The first kappa shape index (κ1) is 26.0. The molecule has 182 valence electrons. The van der Waals surface area contributed by atoms with Crippen LogP contribution in [0, 0.1) is 0 Å². The highest BCUT2D eigenvalue weighted by molar-refractivity contribution is 7.13. The Morgan fingerprint density at radius 2 is 2.00 bits per heavy atom. The molecule has 6 nitrogen and oxygen atoms in total. The number of aliphatic carboxylic acids is 1. The van der Waals surface area contributed by atoms with Crippen LogP contribution in [0.1, 0.15) is 5.56 Å². The van der Waals surface area contributed by atoms with Gasteiger partial charge in [-0.1, -0.05) is 29.8 Å². The molecular formula is C23H23ClF3N3O3S. The molecule has 0 atom stereocenters. The predicted molar refractivity (Wildman–Crippen MR) is 127 cm³/mol. The number of anilines is 1. The quantitative estimate of drug-likeness (QED) is 0.325. The number of benzene rings is 2. The third-order valence-corrected chi connectivity index (χ3v) is 5.89. The van der Waals surface area contributed by atoms with Crippen molar-refractivity contribution in [3.8, 4) is 21.8 Å². The molecule has 2 aromatic carbocycles. The number of nitrogens with zero attached hydrogens (tertiary/aromatic N) is 2. The minimum atomic E-state index is -4.56. The first-order valence-electron chi connectivity index (χ1n) is 10.3. The summed E-state index contributed by atoms with van der Waals surface area (Å²) in [5.41, 5.74) is 0.762. The summed E-state index contributed by atoms with van der Waals surface area (Å²) in [5, 5.41) is 14.2. The van der Waals surface area contributed by atoms with Crippen molar-refractivity contribution < 1.29 is 27.8 Å². The lowest BCUT2D eigenvalue weighted by Crippen LogP contribution is -2.29. The summed E-state index contributed by atoms with van der Waals surface area (Å²) in [5.74, 6) is -0.929. The Balaban J connectivity index is 1.74. The minimum Gasteiger partial charge on any atom is -0.480 e. The lowest BCUT2D eigenvalue weighted by Gasteiger charge is -2.17. The van der Waals surface area contributed by atoms with E-state index >= 15 is 0 Å². The Bertz CT molecular complexity index is 1120. The maximum absolute atomic E-state index is 13.8. The van der Waals surface area contributed by atoms with Gasteiger partial charge in [0.1, 0.15) is 5.01 Å². The number of carboxylic acid groups (broad SMARTS) is 1. The van der Waals surface area contributed by atoms with E-state index in [-0.39, 0.29) is 30.3 Å². The molecule has 1 aromatic heterocycles. The summed E-state index contributed by atoms with van der Waals surface area (Å²) >= 11 is 7.16. The summed E-state index contributed by atoms with van der Waals surface area (Å²) in [6, 6.07) is 10.9. The van der Waals surface area contributed by atoms with Gasteiger partial charge >= 0.3 is 12.1 Å². The number of carbonyl (C=O) groups is 1. The zero-order valence-electron chi connectivity index (χ0n) is 18.2. The van der Waals surface area contributed by atoms with E-state index in [9.17, 15) is 18.0 Å². The number of aromatic nitrogens is 1.